The molecule has 0 saturated heterocycles. The van der Waals surface area contributed by atoms with Gasteiger partial charge in [-0.3, -0.25) is 5.32 Å². The van der Waals surface area contributed by atoms with Crippen LogP contribution in [-0.2, 0) is 11.8 Å². The summed E-state index contributed by atoms with van der Waals surface area (Å²) < 4.78 is 5.53. The van der Waals surface area contributed by atoms with Crippen LogP contribution >= 0.6 is 15.9 Å². The number of hydrogen-bond donors (Lipinski definition) is 1. The number of carbonyl (C=O) groups is 1. The van der Waals surface area contributed by atoms with Gasteiger partial charge in [0, 0.05) is 7.05 Å². The zero-order chi connectivity index (χ0) is 11.6. The molecule has 1 heterocycles. The second-order valence-electron chi connectivity index (χ2n) is 3.96. The molecule has 6 nitrogen and oxygen atoms in total. The molecule has 0 unspecified atom stereocenters. The van der Waals surface area contributed by atoms with Crippen molar-refractivity contribution in [1.29, 1.82) is 0 Å². The predicted octanol–water partition coefficient (Wildman–Crippen LogP) is 1.92. The third kappa shape index (κ3) is 3.86. The third-order valence-electron chi connectivity index (χ3n) is 1.29. The zero-order valence-electron chi connectivity index (χ0n) is 9.04. The lowest BCUT2D eigenvalue weighted by atomic mass is 10.2. The van der Waals surface area contributed by atoms with Crippen molar-refractivity contribution in [3.63, 3.8) is 0 Å². The van der Waals surface area contributed by atoms with Crippen LogP contribution in [0.15, 0.2) is 4.60 Å². The molecule has 1 rings (SSSR count). The Morgan fingerprint density at radius 1 is 1.47 bits per heavy atom. The molecule has 0 aliphatic heterocycles. The van der Waals surface area contributed by atoms with E-state index in [0.717, 1.165) is 0 Å². The summed E-state index contributed by atoms with van der Waals surface area (Å²) in [6, 6.07) is 0. The van der Waals surface area contributed by atoms with E-state index in [0.29, 0.717) is 10.4 Å². The molecule has 0 aliphatic carbocycles. The molecule has 1 aromatic rings. The van der Waals surface area contributed by atoms with Gasteiger partial charge in [0.2, 0.25) is 0 Å². The summed E-state index contributed by atoms with van der Waals surface area (Å²) in [6.07, 6.45) is -0.552. The summed E-state index contributed by atoms with van der Waals surface area (Å²) in [6.45, 7) is 5.37. The summed E-state index contributed by atoms with van der Waals surface area (Å²) in [5.41, 5.74) is -0.529. The normalized spacial score (nSPS) is 11.3. The number of rotatable bonds is 1. The number of nitrogens with one attached hydrogen (secondary N) is 1. The maximum atomic E-state index is 11.4. The van der Waals surface area contributed by atoms with Crippen LogP contribution in [0.25, 0.3) is 0 Å². The lowest BCUT2D eigenvalue weighted by Crippen LogP contribution is -2.27. The number of aromatic nitrogens is 3. The summed E-state index contributed by atoms with van der Waals surface area (Å²) >= 11 is 3.16. The molecule has 84 valence electrons. The van der Waals surface area contributed by atoms with Gasteiger partial charge in [-0.25, -0.2) is 4.79 Å². The number of amides is 1. The number of halogens is 1. The van der Waals surface area contributed by atoms with Gasteiger partial charge in [0.1, 0.15) is 5.60 Å². The molecule has 0 atom stereocenters. The first-order chi connectivity index (χ1) is 6.78. The van der Waals surface area contributed by atoms with E-state index in [-0.39, 0.29) is 0 Å². The Hall–Kier alpha value is -1.11. The molecule has 0 saturated carbocycles. The molecule has 0 fully saturated rings. The Kier molecular flexibility index (Phi) is 3.33. The first-order valence-electron chi connectivity index (χ1n) is 4.35. The summed E-state index contributed by atoms with van der Waals surface area (Å²) in [7, 11) is 1.66. The topological polar surface area (TPSA) is 69.0 Å². The third-order valence-corrected chi connectivity index (χ3v) is 1.83. The summed E-state index contributed by atoms with van der Waals surface area (Å²) in [5, 5.41) is 10.3. The highest BCUT2D eigenvalue weighted by Crippen LogP contribution is 2.17. The van der Waals surface area contributed by atoms with Crippen molar-refractivity contribution in [2.24, 2.45) is 7.05 Å². The Balaban J connectivity index is 2.63. The molecule has 0 radical (unpaired) electrons. The first-order valence-corrected chi connectivity index (χ1v) is 5.14. The highest BCUT2D eigenvalue weighted by atomic mass is 79.9. The van der Waals surface area contributed by atoms with Crippen molar-refractivity contribution in [2.75, 3.05) is 5.32 Å². The average Bonchev–Trinajstić information content (AvgIpc) is 2.25. The molecule has 0 aromatic carbocycles. The van der Waals surface area contributed by atoms with E-state index in [9.17, 15) is 4.79 Å². The van der Waals surface area contributed by atoms with Crippen LogP contribution < -0.4 is 5.32 Å². The summed E-state index contributed by atoms with van der Waals surface area (Å²) in [4.78, 5) is 12.7. The van der Waals surface area contributed by atoms with E-state index in [1.165, 1.54) is 4.80 Å². The SMILES string of the molecule is Cn1nc(Br)c(NC(=O)OC(C)(C)C)n1. The van der Waals surface area contributed by atoms with Crippen LogP contribution in [-0.4, -0.2) is 26.7 Å². The maximum Gasteiger partial charge on any atom is 0.413 e. The van der Waals surface area contributed by atoms with Crippen molar-refractivity contribution in [3.8, 4) is 0 Å². The minimum absolute atomic E-state index is 0.340. The molecule has 1 aromatic heterocycles. The van der Waals surface area contributed by atoms with Crippen LogP contribution in [0.3, 0.4) is 0 Å². The van der Waals surface area contributed by atoms with E-state index < -0.39 is 11.7 Å². The second-order valence-corrected chi connectivity index (χ2v) is 4.71. The Morgan fingerprint density at radius 2 is 2.07 bits per heavy atom. The Bertz CT molecular complexity index is 369. The molecular weight excluding hydrogens is 264 g/mol. The molecular formula is C8H13BrN4O2. The van der Waals surface area contributed by atoms with Gasteiger partial charge in [-0.2, -0.15) is 4.80 Å². The zero-order valence-corrected chi connectivity index (χ0v) is 10.6. The molecule has 15 heavy (non-hydrogen) atoms. The van der Waals surface area contributed by atoms with Gasteiger partial charge in [0.05, 0.1) is 0 Å². The average molecular weight is 277 g/mol. The Labute approximate surface area is 96.1 Å². The first kappa shape index (κ1) is 12.0. The highest BCUT2D eigenvalue weighted by molar-refractivity contribution is 9.10. The van der Waals surface area contributed by atoms with Gasteiger partial charge in [-0.1, -0.05) is 0 Å². The molecule has 1 amide bonds. The van der Waals surface area contributed by atoms with E-state index >= 15 is 0 Å². The van der Waals surface area contributed by atoms with Crippen LogP contribution in [0.4, 0.5) is 10.6 Å². The quantitative estimate of drug-likeness (QED) is 0.851. The monoisotopic (exact) mass is 276 g/mol. The second kappa shape index (κ2) is 4.18. The van der Waals surface area contributed by atoms with Crippen molar-refractivity contribution in [2.45, 2.75) is 26.4 Å². The fraction of sp³-hybridized carbons (Fsp3) is 0.625. The molecule has 7 heteroatoms. The Morgan fingerprint density at radius 3 is 2.47 bits per heavy atom. The van der Waals surface area contributed by atoms with Crippen LogP contribution in [0.5, 0.6) is 0 Å². The van der Waals surface area contributed by atoms with E-state index in [4.69, 9.17) is 4.74 Å². The summed E-state index contributed by atoms with van der Waals surface area (Å²) in [5.74, 6) is 0.340. The maximum absolute atomic E-state index is 11.4. The standard InChI is InChI=1S/C8H13BrN4O2/c1-8(2,3)15-7(14)10-6-5(9)11-13(4)12-6/h1-4H3,(H,10,12,14). The fourth-order valence-electron chi connectivity index (χ4n) is 0.860. The number of ether oxygens (including phenoxy) is 1. The number of anilines is 1. The van der Waals surface area contributed by atoms with E-state index in [2.05, 4.69) is 31.4 Å². The van der Waals surface area contributed by atoms with Crippen LogP contribution in [0, 0.1) is 0 Å². The smallest absolute Gasteiger partial charge is 0.413 e. The largest absolute Gasteiger partial charge is 0.444 e. The van der Waals surface area contributed by atoms with Crippen LogP contribution in [0.1, 0.15) is 20.8 Å². The van der Waals surface area contributed by atoms with Gasteiger partial charge in [-0.05, 0) is 36.7 Å². The van der Waals surface area contributed by atoms with Gasteiger partial charge in [0.15, 0.2) is 10.4 Å². The van der Waals surface area contributed by atoms with Crippen molar-refractivity contribution in [1.82, 2.24) is 15.0 Å². The van der Waals surface area contributed by atoms with E-state index in [1.54, 1.807) is 27.8 Å². The number of aryl methyl sites for hydroxylation is 1. The van der Waals surface area contributed by atoms with Gasteiger partial charge < -0.3 is 4.74 Å². The minimum Gasteiger partial charge on any atom is -0.444 e. The predicted molar refractivity (Wildman–Crippen MR) is 58.6 cm³/mol. The van der Waals surface area contributed by atoms with Gasteiger partial charge in [-0.15, -0.1) is 10.2 Å². The van der Waals surface area contributed by atoms with Gasteiger partial charge in [0.25, 0.3) is 0 Å². The minimum atomic E-state index is -0.552. The van der Waals surface area contributed by atoms with Crippen molar-refractivity contribution in [3.05, 3.63) is 4.60 Å². The van der Waals surface area contributed by atoms with E-state index in [1.807, 2.05) is 0 Å². The molecule has 1 N–H and O–H groups in total. The lowest BCUT2D eigenvalue weighted by molar-refractivity contribution is 0.0635. The van der Waals surface area contributed by atoms with Crippen molar-refractivity contribution >= 4 is 27.8 Å². The number of hydrogen-bond acceptors (Lipinski definition) is 4. The lowest BCUT2D eigenvalue weighted by Gasteiger charge is -2.18. The highest BCUT2D eigenvalue weighted by Gasteiger charge is 2.18. The van der Waals surface area contributed by atoms with Gasteiger partial charge >= 0.3 is 6.09 Å². The molecule has 0 spiro atoms. The number of carbonyl (C=O) groups excluding carboxylic acids is 1. The molecule has 0 aliphatic rings. The molecule has 0 bridgehead atoms. The van der Waals surface area contributed by atoms with Crippen LogP contribution in [0.2, 0.25) is 0 Å². The number of nitrogens with zero attached hydrogens (tertiary/aromatic N) is 3. The van der Waals surface area contributed by atoms with Crippen molar-refractivity contribution < 1.29 is 9.53 Å². The fourth-order valence-corrected chi connectivity index (χ4v) is 1.27.